The Morgan fingerprint density at radius 1 is 1.48 bits per heavy atom. The third kappa shape index (κ3) is 3.64. The van der Waals surface area contributed by atoms with Gasteiger partial charge in [0.2, 0.25) is 0 Å². The summed E-state index contributed by atoms with van der Waals surface area (Å²) in [6.45, 7) is 7.35. The molecule has 21 heavy (non-hydrogen) atoms. The fourth-order valence-electron chi connectivity index (χ4n) is 2.56. The Morgan fingerprint density at radius 2 is 2.19 bits per heavy atom. The molecule has 1 aromatic rings. The average Bonchev–Trinajstić information content (AvgIpc) is 2.81. The second kappa shape index (κ2) is 6.17. The fraction of sp³-hybridized carbons (Fsp3) is 0.714. The average molecular weight is 312 g/mol. The summed E-state index contributed by atoms with van der Waals surface area (Å²) < 4.78 is 1.55. The van der Waals surface area contributed by atoms with Crippen LogP contribution < -0.4 is 22.3 Å². The summed E-state index contributed by atoms with van der Waals surface area (Å²) in [5.41, 5.74) is 5.46. The number of H-pyrrole nitrogens is 1. The molecule has 0 aliphatic carbocycles. The number of aromatic nitrogens is 2. The number of nitrogen functional groups attached to an aromatic ring is 1. The monoisotopic (exact) mass is 312 g/mol. The molecule has 6 nitrogen and oxygen atoms in total. The minimum atomic E-state index is -0.446. The van der Waals surface area contributed by atoms with Crippen LogP contribution in [0.15, 0.2) is 9.59 Å². The van der Waals surface area contributed by atoms with Gasteiger partial charge in [0, 0.05) is 17.8 Å². The summed E-state index contributed by atoms with van der Waals surface area (Å²) >= 11 is 1.91. The Bertz CT molecular complexity index is 614. The first-order valence-corrected chi connectivity index (χ1v) is 8.31. The van der Waals surface area contributed by atoms with Gasteiger partial charge in [-0.15, -0.1) is 0 Å². The molecule has 1 unspecified atom stereocenters. The predicted molar refractivity (Wildman–Crippen MR) is 89.2 cm³/mol. The van der Waals surface area contributed by atoms with Gasteiger partial charge in [0.25, 0.3) is 5.56 Å². The summed E-state index contributed by atoms with van der Waals surface area (Å²) in [7, 11) is 0. The van der Waals surface area contributed by atoms with Crippen LogP contribution in [0.3, 0.4) is 0 Å². The highest BCUT2D eigenvalue weighted by Crippen LogP contribution is 2.37. The van der Waals surface area contributed by atoms with Crippen molar-refractivity contribution in [2.75, 3.05) is 23.3 Å². The maximum atomic E-state index is 12.0. The van der Waals surface area contributed by atoms with Crippen LogP contribution in [-0.2, 0) is 6.54 Å². The summed E-state index contributed by atoms with van der Waals surface area (Å²) in [4.78, 5) is 26.2. The molecule has 1 aliphatic heterocycles. The zero-order chi connectivity index (χ0) is 15.6. The summed E-state index contributed by atoms with van der Waals surface area (Å²) in [5.74, 6) is 1.65. The lowest BCUT2D eigenvalue weighted by Crippen LogP contribution is -2.37. The molecule has 2 rings (SSSR count). The zero-order valence-corrected chi connectivity index (χ0v) is 13.7. The molecule has 4 N–H and O–H groups in total. The molecule has 7 heteroatoms. The third-order valence-electron chi connectivity index (χ3n) is 3.73. The highest BCUT2D eigenvalue weighted by molar-refractivity contribution is 8.00. The zero-order valence-electron chi connectivity index (χ0n) is 12.9. The number of nitrogens with zero attached hydrogens (tertiary/aromatic N) is 1. The summed E-state index contributed by atoms with van der Waals surface area (Å²) in [6, 6.07) is 0. The first-order chi connectivity index (χ1) is 9.82. The van der Waals surface area contributed by atoms with E-state index in [0.717, 1.165) is 12.2 Å². The van der Waals surface area contributed by atoms with Gasteiger partial charge < -0.3 is 11.1 Å². The molecule has 0 amide bonds. The van der Waals surface area contributed by atoms with Gasteiger partial charge in [-0.2, -0.15) is 11.8 Å². The smallest absolute Gasteiger partial charge is 0.330 e. The van der Waals surface area contributed by atoms with Crippen LogP contribution in [0.4, 0.5) is 11.5 Å². The Hall–Kier alpha value is -1.37. The lowest BCUT2D eigenvalue weighted by Gasteiger charge is -2.24. The van der Waals surface area contributed by atoms with Gasteiger partial charge in [-0.3, -0.25) is 14.3 Å². The molecule has 1 fully saturated rings. The van der Waals surface area contributed by atoms with Gasteiger partial charge in [0.15, 0.2) is 0 Å². The number of rotatable bonds is 5. The molecule has 118 valence electrons. The van der Waals surface area contributed by atoms with Gasteiger partial charge in [-0.05, 0) is 31.4 Å². The molecule has 0 spiro atoms. The van der Waals surface area contributed by atoms with Crippen molar-refractivity contribution >= 4 is 23.3 Å². The van der Waals surface area contributed by atoms with E-state index in [2.05, 4.69) is 17.2 Å². The second-order valence-corrected chi connectivity index (χ2v) is 7.96. The van der Waals surface area contributed by atoms with Crippen LogP contribution in [0.25, 0.3) is 0 Å². The first kappa shape index (κ1) is 16.0. The van der Waals surface area contributed by atoms with E-state index in [0.29, 0.717) is 18.8 Å². The van der Waals surface area contributed by atoms with Gasteiger partial charge in [0.1, 0.15) is 11.5 Å². The molecule has 0 bridgehead atoms. The highest BCUT2D eigenvalue weighted by Gasteiger charge is 2.29. The van der Waals surface area contributed by atoms with E-state index in [9.17, 15) is 9.59 Å². The number of anilines is 2. The van der Waals surface area contributed by atoms with Crippen molar-refractivity contribution in [3.63, 3.8) is 0 Å². The molecule has 1 atom stereocenters. The van der Waals surface area contributed by atoms with Crippen LogP contribution in [-0.4, -0.2) is 26.6 Å². The van der Waals surface area contributed by atoms with Crippen LogP contribution in [0.5, 0.6) is 0 Å². The van der Waals surface area contributed by atoms with E-state index in [1.54, 1.807) is 0 Å². The number of thioether (sulfide) groups is 1. The number of hydrogen-bond acceptors (Lipinski definition) is 5. The minimum absolute atomic E-state index is 0.123. The summed E-state index contributed by atoms with van der Waals surface area (Å²) in [5, 5.41) is 3.16. The van der Waals surface area contributed by atoms with Gasteiger partial charge in [0.05, 0.1) is 0 Å². The van der Waals surface area contributed by atoms with Crippen LogP contribution >= 0.6 is 11.8 Å². The van der Waals surface area contributed by atoms with E-state index < -0.39 is 11.2 Å². The lowest BCUT2D eigenvalue weighted by molar-refractivity contribution is 0.508. The van der Waals surface area contributed by atoms with E-state index >= 15 is 0 Å². The molecule has 1 aliphatic rings. The second-order valence-electron chi connectivity index (χ2n) is 6.28. The molecular formula is C14H24N4O2S. The Kier molecular flexibility index (Phi) is 4.70. The largest absolute Gasteiger partial charge is 0.383 e. The fourth-order valence-corrected chi connectivity index (χ4v) is 3.80. The van der Waals surface area contributed by atoms with Crippen molar-refractivity contribution in [3.8, 4) is 0 Å². The Balaban J connectivity index is 2.26. The lowest BCUT2D eigenvalue weighted by atomic mass is 10.1. The third-order valence-corrected chi connectivity index (χ3v) is 5.27. The van der Waals surface area contributed by atoms with E-state index in [-0.39, 0.29) is 16.5 Å². The molecular weight excluding hydrogens is 288 g/mol. The topological polar surface area (TPSA) is 92.9 Å². The van der Waals surface area contributed by atoms with Gasteiger partial charge in [-0.1, -0.05) is 13.8 Å². The number of nitrogens with one attached hydrogen (secondary N) is 2. The van der Waals surface area contributed by atoms with Crippen molar-refractivity contribution in [1.82, 2.24) is 9.55 Å². The quantitative estimate of drug-likeness (QED) is 0.765. The summed E-state index contributed by atoms with van der Waals surface area (Å²) in [6.07, 6.45) is 2.32. The van der Waals surface area contributed by atoms with Crippen LogP contribution in [0, 0.1) is 5.92 Å². The maximum absolute atomic E-state index is 12.0. The predicted octanol–water partition coefficient (Wildman–Crippen LogP) is 1.47. The SMILES string of the molecule is CC(C)Cn1c(N)c(NCC2(C)CCCS2)c(=O)[nH]c1=O. The van der Waals surface area contributed by atoms with Crippen LogP contribution in [0.2, 0.25) is 0 Å². The molecule has 1 saturated heterocycles. The van der Waals surface area contributed by atoms with Crippen molar-refractivity contribution in [3.05, 3.63) is 20.8 Å². The molecule has 2 heterocycles. The highest BCUT2D eigenvalue weighted by atomic mass is 32.2. The number of hydrogen-bond donors (Lipinski definition) is 3. The van der Waals surface area contributed by atoms with Crippen LogP contribution in [0.1, 0.15) is 33.6 Å². The Labute approximate surface area is 128 Å². The molecule has 1 aromatic heterocycles. The molecule has 0 aromatic carbocycles. The van der Waals surface area contributed by atoms with Crippen molar-refractivity contribution in [2.24, 2.45) is 5.92 Å². The molecule has 0 saturated carbocycles. The maximum Gasteiger partial charge on any atom is 0.330 e. The van der Waals surface area contributed by atoms with E-state index in [4.69, 9.17) is 5.73 Å². The van der Waals surface area contributed by atoms with Crippen molar-refractivity contribution in [1.29, 1.82) is 0 Å². The Morgan fingerprint density at radius 3 is 2.76 bits per heavy atom. The van der Waals surface area contributed by atoms with E-state index in [1.807, 2.05) is 25.6 Å². The number of nitrogens with two attached hydrogens (primary N) is 1. The number of aromatic amines is 1. The van der Waals surface area contributed by atoms with Gasteiger partial charge >= 0.3 is 5.69 Å². The van der Waals surface area contributed by atoms with Crippen molar-refractivity contribution < 1.29 is 0 Å². The van der Waals surface area contributed by atoms with Crippen molar-refractivity contribution in [2.45, 2.75) is 44.9 Å². The van der Waals surface area contributed by atoms with Gasteiger partial charge in [-0.25, -0.2) is 4.79 Å². The standard InChI is InChI=1S/C14H24N4O2S/c1-9(2)7-18-11(15)10(12(19)17-13(18)20)16-8-14(3)5-4-6-21-14/h9,16H,4-8,15H2,1-3H3,(H,17,19,20). The van der Waals surface area contributed by atoms with E-state index in [1.165, 1.54) is 11.0 Å². The minimum Gasteiger partial charge on any atom is -0.383 e. The molecule has 0 radical (unpaired) electrons. The normalized spacial score (nSPS) is 21.9. The first-order valence-electron chi connectivity index (χ1n) is 7.33.